The number of likely N-dealkylation sites (N-methyl/N-ethyl adjacent to an activating group) is 1. The lowest BCUT2D eigenvalue weighted by atomic mass is 10.1. The van der Waals surface area contributed by atoms with Crippen molar-refractivity contribution in [3.05, 3.63) is 42.2 Å². The molecule has 0 unspecified atom stereocenters. The highest BCUT2D eigenvalue weighted by Crippen LogP contribution is 2.27. The Morgan fingerprint density at radius 3 is 2.67 bits per heavy atom. The number of aromatic nitrogens is 2. The minimum Gasteiger partial charge on any atom is -0.476 e. The maximum atomic E-state index is 6.10. The molecular weight excluding hydrogens is 264 g/mol. The fourth-order valence-corrected chi connectivity index (χ4v) is 2.04. The zero-order valence-corrected chi connectivity index (χ0v) is 12.6. The van der Waals surface area contributed by atoms with Crippen LogP contribution in [-0.4, -0.2) is 30.2 Å². The van der Waals surface area contributed by atoms with Gasteiger partial charge in [-0.1, -0.05) is 37.3 Å². The van der Waals surface area contributed by atoms with Crippen LogP contribution >= 0.6 is 0 Å². The van der Waals surface area contributed by atoms with Gasteiger partial charge in [0.15, 0.2) is 5.82 Å². The second kappa shape index (κ2) is 7.47. The number of rotatable bonds is 7. The molecule has 0 atom stereocenters. The molecule has 0 amide bonds. The van der Waals surface area contributed by atoms with Crippen molar-refractivity contribution in [2.75, 3.05) is 30.8 Å². The van der Waals surface area contributed by atoms with Crippen LogP contribution in [0.5, 0.6) is 5.88 Å². The van der Waals surface area contributed by atoms with E-state index < -0.39 is 0 Å². The quantitative estimate of drug-likeness (QED) is 0.847. The van der Waals surface area contributed by atoms with Crippen molar-refractivity contribution in [2.45, 2.75) is 19.8 Å². The summed E-state index contributed by atoms with van der Waals surface area (Å²) in [5.41, 5.74) is 7.89. The number of hydrogen-bond acceptors (Lipinski definition) is 5. The van der Waals surface area contributed by atoms with Gasteiger partial charge in [-0.2, -0.15) is 4.98 Å². The molecule has 2 aromatic rings. The van der Waals surface area contributed by atoms with E-state index >= 15 is 0 Å². The first kappa shape index (κ1) is 15.1. The summed E-state index contributed by atoms with van der Waals surface area (Å²) in [5, 5.41) is 0. The summed E-state index contributed by atoms with van der Waals surface area (Å²) in [4.78, 5) is 10.4. The molecule has 0 aliphatic carbocycles. The van der Waals surface area contributed by atoms with Gasteiger partial charge in [-0.05, 0) is 18.4 Å². The van der Waals surface area contributed by atoms with Gasteiger partial charge in [0, 0.05) is 13.6 Å². The van der Waals surface area contributed by atoms with Gasteiger partial charge in [0.25, 0.3) is 0 Å². The molecule has 2 N–H and O–H groups in total. The van der Waals surface area contributed by atoms with Crippen LogP contribution in [0.1, 0.15) is 18.9 Å². The predicted molar refractivity (Wildman–Crippen MR) is 85.6 cm³/mol. The molecule has 5 nitrogen and oxygen atoms in total. The lowest BCUT2D eigenvalue weighted by molar-refractivity contribution is 0.306. The van der Waals surface area contributed by atoms with Gasteiger partial charge in [0.1, 0.15) is 12.0 Å². The molecule has 1 aromatic heterocycles. The normalized spacial score (nSPS) is 10.4. The lowest BCUT2D eigenvalue weighted by Gasteiger charge is -2.20. The smallest absolute Gasteiger partial charge is 0.242 e. The third-order valence-corrected chi connectivity index (χ3v) is 3.21. The molecule has 0 fully saturated rings. The third-order valence-electron chi connectivity index (χ3n) is 3.21. The predicted octanol–water partition coefficient (Wildman–Crippen LogP) is 2.53. The maximum Gasteiger partial charge on any atom is 0.242 e. The fourth-order valence-electron chi connectivity index (χ4n) is 2.04. The Hall–Kier alpha value is -2.30. The Kier molecular flexibility index (Phi) is 5.37. The van der Waals surface area contributed by atoms with Gasteiger partial charge >= 0.3 is 0 Å². The minimum atomic E-state index is 0.466. The highest BCUT2D eigenvalue weighted by molar-refractivity contribution is 5.67. The Morgan fingerprint density at radius 2 is 1.95 bits per heavy atom. The third kappa shape index (κ3) is 4.08. The molecule has 0 saturated heterocycles. The zero-order valence-electron chi connectivity index (χ0n) is 12.6. The Bertz CT molecular complexity index is 559. The maximum absolute atomic E-state index is 6.10. The van der Waals surface area contributed by atoms with E-state index in [-0.39, 0.29) is 0 Å². The Labute approximate surface area is 125 Å². The summed E-state index contributed by atoms with van der Waals surface area (Å²) in [5.74, 6) is 1.18. The van der Waals surface area contributed by atoms with Gasteiger partial charge in [-0.15, -0.1) is 0 Å². The largest absolute Gasteiger partial charge is 0.476 e. The van der Waals surface area contributed by atoms with Gasteiger partial charge in [-0.25, -0.2) is 4.98 Å². The van der Waals surface area contributed by atoms with E-state index in [0.29, 0.717) is 24.0 Å². The van der Waals surface area contributed by atoms with Crippen molar-refractivity contribution in [3.8, 4) is 5.88 Å². The highest BCUT2D eigenvalue weighted by Gasteiger charge is 2.12. The Balaban J connectivity index is 2.03. The fraction of sp³-hybridized carbons (Fsp3) is 0.375. The summed E-state index contributed by atoms with van der Waals surface area (Å²) in [7, 11) is 1.98. The van der Waals surface area contributed by atoms with Crippen molar-refractivity contribution in [2.24, 2.45) is 0 Å². The van der Waals surface area contributed by atoms with E-state index in [1.54, 1.807) is 0 Å². The van der Waals surface area contributed by atoms with Crippen LogP contribution < -0.4 is 15.4 Å². The molecule has 0 spiro atoms. The molecule has 0 aliphatic rings. The molecule has 112 valence electrons. The zero-order chi connectivity index (χ0) is 15.1. The van der Waals surface area contributed by atoms with Crippen molar-refractivity contribution >= 4 is 11.5 Å². The number of nitrogen functional groups attached to an aromatic ring is 1. The second-order valence-corrected chi connectivity index (χ2v) is 4.92. The summed E-state index contributed by atoms with van der Waals surface area (Å²) in [6.07, 6.45) is 3.35. The molecule has 0 bridgehead atoms. The topological polar surface area (TPSA) is 64.3 Å². The molecule has 1 heterocycles. The molecule has 0 radical (unpaired) electrons. The molecule has 1 aromatic carbocycles. The van der Waals surface area contributed by atoms with Crippen molar-refractivity contribution in [1.82, 2.24) is 9.97 Å². The highest BCUT2D eigenvalue weighted by atomic mass is 16.5. The standard InChI is InChI=1S/C16H22N4O/c1-3-11-21-16-14(17)15(18-12-19-16)20(2)10-9-13-7-5-4-6-8-13/h4-8,12H,3,9-11,17H2,1-2H3. The van der Waals surface area contributed by atoms with Crippen molar-refractivity contribution in [1.29, 1.82) is 0 Å². The number of benzene rings is 1. The lowest BCUT2D eigenvalue weighted by Crippen LogP contribution is -2.23. The number of anilines is 2. The first-order chi connectivity index (χ1) is 10.2. The van der Waals surface area contributed by atoms with E-state index in [0.717, 1.165) is 19.4 Å². The second-order valence-electron chi connectivity index (χ2n) is 4.92. The van der Waals surface area contributed by atoms with E-state index in [1.165, 1.54) is 11.9 Å². The van der Waals surface area contributed by atoms with E-state index in [9.17, 15) is 0 Å². The molecule has 0 aliphatic heterocycles. The van der Waals surface area contributed by atoms with Crippen LogP contribution in [0, 0.1) is 0 Å². The summed E-state index contributed by atoms with van der Waals surface area (Å²) >= 11 is 0. The number of nitrogens with zero attached hydrogens (tertiary/aromatic N) is 3. The summed E-state index contributed by atoms with van der Waals surface area (Å²) < 4.78 is 5.54. The average Bonchev–Trinajstić information content (AvgIpc) is 2.52. The van der Waals surface area contributed by atoms with Crippen LogP contribution in [0.4, 0.5) is 11.5 Å². The van der Waals surface area contributed by atoms with Crippen LogP contribution in [-0.2, 0) is 6.42 Å². The van der Waals surface area contributed by atoms with E-state index in [2.05, 4.69) is 22.1 Å². The van der Waals surface area contributed by atoms with Gasteiger partial charge in [0.2, 0.25) is 5.88 Å². The van der Waals surface area contributed by atoms with Crippen LogP contribution in [0.15, 0.2) is 36.7 Å². The molecule has 0 saturated carbocycles. The van der Waals surface area contributed by atoms with Crippen molar-refractivity contribution in [3.63, 3.8) is 0 Å². The van der Waals surface area contributed by atoms with E-state index in [1.807, 2.05) is 37.1 Å². The summed E-state index contributed by atoms with van der Waals surface area (Å²) in [6.45, 7) is 3.48. The van der Waals surface area contributed by atoms with Gasteiger partial charge in [0.05, 0.1) is 6.61 Å². The van der Waals surface area contributed by atoms with Crippen molar-refractivity contribution < 1.29 is 4.74 Å². The van der Waals surface area contributed by atoms with Crippen LogP contribution in [0.3, 0.4) is 0 Å². The number of hydrogen-bond donors (Lipinski definition) is 1. The number of ether oxygens (including phenoxy) is 1. The van der Waals surface area contributed by atoms with E-state index in [4.69, 9.17) is 10.5 Å². The van der Waals surface area contributed by atoms with Gasteiger partial charge < -0.3 is 15.4 Å². The summed E-state index contributed by atoms with van der Waals surface area (Å²) in [6, 6.07) is 10.4. The van der Waals surface area contributed by atoms with Crippen LogP contribution in [0.2, 0.25) is 0 Å². The Morgan fingerprint density at radius 1 is 1.19 bits per heavy atom. The monoisotopic (exact) mass is 286 g/mol. The first-order valence-electron chi connectivity index (χ1n) is 7.20. The molecule has 2 rings (SSSR count). The minimum absolute atomic E-state index is 0.466. The van der Waals surface area contributed by atoms with Gasteiger partial charge in [-0.3, -0.25) is 0 Å². The SMILES string of the molecule is CCCOc1ncnc(N(C)CCc2ccccc2)c1N. The average molecular weight is 286 g/mol. The molecule has 21 heavy (non-hydrogen) atoms. The molecule has 5 heteroatoms. The van der Waals surface area contributed by atoms with Crippen LogP contribution in [0.25, 0.3) is 0 Å². The first-order valence-corrected chi connectivity index (χ1v) is 7.20. The number of nitrogens with two attached hydrogens (primary N) is 1. The molecular formula is C16H22N4O.